The third-order valence-electron chi connectivity index (χ3n) is 2.02. The van der Waals surface area contributed by atoms with E-state index < -0.39 is 42.7 Å². The zero-order valence-corrected chi connectivity index (χ0v) is 8.74. The lowest BCUT2D eigenvalue weighted by Gasteiger charge is -2.24. The van der Waals surface area contributed by atoms with Gasteiger partial charge in [-0.2, -0.15) is 0 Å². The number of carbonyl (C=O) groups is 3. The van der Waals surface area contributed by atoms with Crippen LogP contribution in [0.25, 0.3) is 10.4 Å². The van der Waals surface area contributed by atoms with Crippen LogP contribution in [0.4, 0.5) is 0 Å². The second-order valence-electron chi connectivity index (χ2n) is 3.45. The first-order valence-corrected chi connectivity index (χ1v) is 4.53. The summed E-state index contributed by atoms with van der Waals surface area (Å²) in [5.74, 6) is -3.94. The fourth-order valence-corrected chi connectivity index (χ4v) is 1.36. The number of hydrogen-bond donors (Lipinski definition) is 3. The smallest absolute Gasteiger partial charge is 0.304 e. The highest BCUT2D eigenvalue weighted by Gasteiger charge is 2.35. The molecule has 0 aliphatic rings. The molecule has 0 rings (SSSR count). The van der Waals surface area contributed by atoms with Gasteiger partial charge in [-0.15, -0.1) is 0 Å². The van der Waals surface area contributed by atoms with Gasteiger partial charge in [0.15, 0.2) is 0 Å². The molecule has 0 amide bonds. The maximum absolute atomic E-state index is 10.6. The Morgan fingerprint density at radius 3 is 1.82 bits per heavy atom. The molecule has 0 aromatic heterocycles. The first-order valence-electron chi connectivity index (χ1n) is 4.53. The molecule has 0 saturated heterocycles. The molecule has 0 unspecified atom stereocenters. The summed E-state index contributed by atoms with van der Waals surface area (Å²) in [5.41, 5.74) is 6.57. The fourth-order valence-electron chi connectivity index (χ4n) is 1.36. The molecule has 0 aromatic carbocycles. The van der Waals surface area contributed by atoms with Crippen molar-refractivity contribution < 1.29 is 29.7 Å². The molecule has 0 bridgehead atoms. The molecular formula is C8H11N3O6. The third kappa shape index (κ3) is 6.00. The van der Waals surface area contributed by atoms with Gasteiger partial charge in [0.1, 0.15) is 0 Å². The van der Waals surface area contributed by atoms with Crippen LogP contribution in [0.15, 0.2) is 5.11 Å². The second kappa shape index (κ2) is 6.33. The number of aliphatic carboxylic acids is 3. The lowest BCUT2D eigenvalue weighted by atomic mass is 9.87. The van der Waals surface area contributed by atoms with Crippen LogP contribution in [-0.4, -0.2) is 38.8 Å². The lowest BCUT2D eigenvalue weighted by Crippen LogP contribution is -2.33. The number of carboxylic acid groups (broad SMARTS) is 3. The van der Waals surface area contributed by atoms with E-state index in [-0.39, 0.29) is 6.42 Å². The first-order chi connectivity index (χ1) is 7.81. The standard InChI is InChI=1S/C8H11N3O6/c9-11-10-8(3-6(14)15,4-7(16)17)2-1-5(12)13/h1-4H2,(H,12,13)(H,14,15)(H,16,17). The van der Waals surface area contributed by atoms with Crippen LogP contribution in [0.3, 0.4) is 0 Å². The van der Waals surface area contributed by atoms with Crippen molar-refractivity contribution in [3.05, 3.63) is 10.4 Å². The molecule has 0 aliphatic carbocycles. The normalized spacial score (nSPS) is 10.4. The minimum Gasteiger partial charge on any atom is -0.481 e. The zero-order chi connectivity index (χ0) is 13.5. The summed E-state index contributed by atoms with van der Waals surface area (Å²) in [6.07, 6.45) is -2.27. The summed E-state index contributed by atoms with van der Waals surface area (Å²) < 4.78 is 0. The Hall–Kier alpha value is -2.28. The second-order valence-corrected chi connectivity index (χ2v) is 3.45. The van der Waals surface area contributed by atoms with E-state index >= 15 is 0 Å². The molecule has 0 aromatic rings. The molecule has 0 fully saturated rings. The lowest BCUT2D eigenvalue weighted by molar-refractivity contribution is -0.143. The van der Waals surface area contributed by atoms with Crippen LogP contribution in [0, 0.1) is 0 Å². The third-order valence-corrected chi connectivity index (χ3v) is 2.02. The summed E-state index contributed by atoms with van der Waals surface area (Å²) in [5, 5.41) is 28.9. The molecular weight excluding hydrogens is 234 g/mol. The van der Waals surface area contributed by atoms with Gasteiger partial charge in [0.05, 0.1) is 18.4 Å². The summed E-state index contributed by atoms with van der Waals surface area (Å²) in [6.45, 7) is 0. The Morgan fingerprint density at radius 1 is 1.06 bits per heavy atom. The van der Waals surface area contributed by atoms with Gasteiger partial charge in [-0.3, -0.25) is 14.4 Å². The highest BCUT2D eigenvalue weighted by molar-refractivity contribution is 5.74. The summed E-state index contributed by atoms with van der Waals surface area (Å²) in [7, 11) is 0. The van der Waals surface area contributed by atoms with Gasteiger partial charge in [-0.25, -0.2) is 0 Å². The van der Waals surface area contributed by atoms with Crippen molar-refractivity contribution in [3.63, 3.8) is 0 Å². The predicted molar refractivity (Wildman–Crippen MR) is 53.3 cm³/mol. The molecule has 0 atom stereocenters. The molecule has 0 heterocycles. The molecule has 0 radical (unpaired) electrons. The monoisotopic (exact) mass is 245 g/mol. The van der Waals surface area contributed by atoms with Crippen molar-refractivity contribution in [2.75, 3.05) is 0 Å². The van der Waals surface area contributed by atoms with Crippen LogP contribution in [0.5, 0.6) is 0 Å². The van der Waals surface area contributed by atoms with Crippen LogP contribution in [0.2, 0.25) is 0 Å². The number of nitrogens with zero attached hydrogens (tertiary/aromatic N) is 3. The van der Waals surface area contributed by atoms with Gasteiger partial charge in [0, 0.05) is 11.3 Å². The van der Waals surface area contributed by atoms with E-state index in [1.165, 1.54) is 0 Å². The molecule has 3 N–H and O–H groups in total. The topological polar surface area (TPSA) is 161 Å². The van der Waals surface area contributed by atoms with E-state index in [0.29, 0.717) is 0 Å². The Labute approximate surface area is 95.3 Å². The van der Waals surface area contributed by atoms with Crippen molar-refractivity contribution in [2.24, 2.45) is 5.11 Å². The molecule has 9 heteroatoms. The van der Waals surface area contributed by atoms with E-state index in [1.54, 1.807) is 0 Å². The van der Waals surface area contributed by atoms with Gasteiger partial charge < -0.3 is 15.3 Å². The predicted octanol–water partition coefficient (Wildman–Crippen LogP) is 0.850. The van der Waals surface area contributed by atoms with Gasteiger partial charge >= 0.3 is 17.9 Å². The summed E-state index contributed by atoms with van der Waals surface area (Å²) in [6, 6.07) is 0. The first kappa shape index (κ1) is 14.7. The van der Waals surface area contributed by atoms with Gasteiger partial charge in [-0.1, -0.05) is 5.11 Å². The molecule has 17 heavy (non-hydrogen) atoms. The average molecular weight is 245 g/mol. The van der Waals surface area contributed by atoms with Crippen LogP contribution in [0.1, 0.15) is 25.7 Å². The SMILES string of the molecule is [N-]=[N+]=NC(CCC(=O)O)(CC(=O)O)CC(=O)O. The van der Waals surface area contributed by atoms with Crippen LogP contribution < -0.4 is 0 Å². The quantitative estimate of drug-likeness (QED) is 0.326. The number of carboxylic acids is 3. The highest BCUT2D eigenvalue weighted by Crippen LogP contribution is 2.27. The van der Waals surface area contributed by atoms with E-state index in [2.05, 4.69) is 10.0 Å². The number of azide groups is 1. The Balaban J connectivity index is 5.06. The maximum atomic E-state index is 10.6. The van der Waals surface area contributed by atoms with Crippen molar-refractivity contribution in [2.45, 2.75) is 31.2 Å². The Bertz CT molecular complexity index is 357. The van der Waals surface area contributed by atoms with Gasteiger partial charge in [0.2, 0.25) is 0 Å². The summed E-state index contributed by atoms with van der Waals surface area (Å²) >= 11 is 0. The largest absolute Gasteiger partial charge is 0.481 e. The molecule has 0 spiro atoms. The molecule has 0 saturated carbocycles. The Kier molecular flexibility index (Phi) is 5.48. The number of hydrogen-bond acceptors (Lipinski definition) is 4. The van der Waals surface area contributed by atoms with E-state index in [9.17, 15) is 14.4 Å². The minimum absolute atomic E-state index is 0.342. The molecule has 94 valence electrons. The van der Waals surface area contributed by atoms with Crippen molar-refractivity contribution in [3.8, 4) is 0 Å². The van der Waals surface area contributed by atoms with Crippen molar-refractivity contribution in [1.29, 1.82) is 0 Å². The number of rotatable bonds is 8. The minimum atomic E-state index is -1.75. The average Bonchev–Trinajstić information content (AvgIpc) is 2.13. The van der Waals surface area contributed by atoms with Gasteiger partial charge in [0.25, 0.3) is 0 Å². The Morgan fingerprint density at radius 2 is 1.53 bits per heavy atom. The van der Waals surface area contributed by atoms with E-state index in [4.69, 9.17) is 20.9 Å². The molecule has 9 nitrogen and oxygen atoms in total. The molecule has 0 aliphatic heterocycles. The van der Waals surface area contributed by atoms with E-state index in [1.807, 2.05) is 0 Å². The van der Waals surface area contributed by atoms with Crippen LogP contribution >= 0.6 is 0 Å². The van der Waals surface area contributed by atoms with Gasteiger partial charge in [-0.05, 0) is 12.0 Å². The zero-order valence-electron chi connectivity index (χ0n) is 8.74. The van der Waals surface area contributed by atoms with E-state index in [0.717, 1.165) is 0 Å². The van der Waals surface area contributed by atoms with Crippen molar-refractivity contribution in [1.82, 2.24) is 0 Å². The highest BCUT2D eigenvalue weighted by atomic mass is 16.4. The summed E-state index contributed by atoms with van der Waals surface area (Å²) in [4.78, 5) is 34.0. The van der Waals surface area contributed by atoms with Crippen molar-refractivity contribution >= 4 is 17.9 Å². The maximum Gasteiger partial charge on any atom is 0.304 e. The van der Waals surface area contributed by atoms with Crippen LogP contribution in [-0.2, 0) is 14.4 Å². The fraction of sp³-hybridized carbons (Fsp3) is 0.625.